The summed E-state index contributed by atoms with van der Waals surface area (Å²) in [7, 11) is 0. The molecule has 88 valence electrons. The van der Waals surface area contributed by atoms with Crippen LogP contribution in [0, 0.1) is 5.92 Å². The van der Waals surface area contributed by atoms with Crippen LogP contribution in [0.15, 0.2) is 15.2 Å². The molecule has 1 N–H and O–H groups in total. The van der Waals surface area contributed by atoms with Crippen molar-refractivity contribution in [2.24, 2.45) is 5.92 Å². The third-order valence-electron chi connectivity index (χ3n) is 2.68. The summed E-state index contributed by atoms with van der Waals surface area (Å²) < 4.78 is 6.39. The average Bonchev–Trinajstić information content (AvgIpc) is 2.73. The molecule has 0 aliphatic carbocycles. The summed E-state index contributed by atoms with van der Waals surface area (Å²) in [5.41, 5.74) is 1.13. The molecule has 3 nitrogen and oxygen atoms in total. The Kier molecular flexibility index (Phi) is 4.37. The average molecular weight is 304 g/mol. The largest absolute Gasteiger partial charge is 0.381 e. The maximum Gasteiger partial charge on any atom is 0.225 e. The topological polar surface area (TPSA) is 38.3 Å². The molecule has 0 unspecified atom stereocenters. The molecule has 0 spiro atoms. The van der Waals surface area contributed by atoms with Crippen molar-refractivity contribution in [3.63, 3.8) is 0 Å². The molecular formula is C11H14BrNO2S. The predicted molar refractivity (Wildman–Crippen MR) is 67.4 cm³/mol. The number of halogens is 1. The van der Waals surface area contributed by atoms with Gasteiger partial charge in [0.1, 0.15) is 0 Å². The SMILES string of the molecule is O=C(NCc1ccsc1Br)[C@H]1CCCOC1. The van der Waals surface area contributed by atoms with Gasteiger partial charge in [0.25, 0.3) is 0 Å². The van der Waals surface area contributed by atoms with E-state index < -0.39 is 0 Å². The van der Waals surface area contributed by atoms with Crippen LogP contribution in [-0.2, 0) is 16.1 Å². The zero-order valence-corrected chi connectivity index (χ0v) is 11.3. The van der Waals surface area contributed by atoms with Crippen LogP contribution >= 0.6 is 27.3 Å². The van der Waals surface area contributed by atoms with E-state index >= 15 is 0 Å². The molecule has 0 bridgehead atoms. The molecule has 1 atom stereocenters. The molecule has 1 aromatic rings. The lowest BCUT2D eigenvalue weighted by Gasteiger charge is -2.21. The van der Waals surface area contributed by atoms with E-state index in [1.165, 1.54) is 0 Å². The number of carbonyl (C=O) groups excluding carboxylic acids is 1. The molecule has 2 rings (SSSR count). The van der Waals surface area contributed by atoms with Gasteiger partial charge in [-0.2, -0.15) is 0 Å². The molecule has 0 saturated carbocycles. The Hall–Kier alpha value is -0.390. The Balaban J connectivity index is 1.81. The number of nitrogens with one attached hydrogen (secondary N) is 1. The summed E-state index contributed by atoms with van der Waals surface area (Å²) in [6.07, 6.45) is 1.93. The quantitative estimate of drug-likeness (QED) is 0.932. The molecule has 5 heteroatoms. The third-order valence-corrected chi connectivity index (χ3v) is 4.49. The van der Waals surface area contributed by atoms with Gasteiger partial charge in [0, 0.05) is 13.2 Å². The Morgan fingerprint density at radius 1 is 1.69 bits per heavy atom. The van der Waals surface area contributed by atoms with Crippen LogP contribution in [0.1, 0.15) is 18.4 Å². The zero-order valence-electron chi connectivity index (χ0n) is 8.87. The Morgan fingerprint density at radius 3 is 3.19 bits per heavy atom. The normalized spacial score (nSPS) is 20.7. The van der Waals surface area contributed by atoms with Crippen molar-refractivity contribution in [2.75, 3.05) is 13.2 Å². The molecule has 1 fully saturated rings. The Bertz CT molecular complexity index is 361. The van der Waals surface area contributed by atoms with Crippen LogP contribution in [0.2, 0.25) is 0 Å². The first kappa shape index (κ1) is 12.1. The van der Waals surface area contributed by atoms with E-state index in [0.29, 0.717) is 13.2 Å². The van der Waals surface area contributed by atoms with Gasteiger partial charge in [-0.05, 0) is 45.8 Å². The molecule has 1 saturated heterocycles. The molecule has 1 aliphatic heterocycles. The monoisotopic (exact) mass is 303 g/mol. The number of hydrogen-bond acceptors (Lipinski definition) is 3. The van der Waals surface area contributed by atoms with Gasteiger partial charge < -0.3 is 10.1 Å². The van der Waals surface area contributed by atoms with Crippen molar-refractivity contribution in [3.05, 3.63) is 20.8 Å². The van der Waals surface area contributed by atoms with Gasteiger partial charge in [0.15, 0.2) is 0 Å². The molecule has 1 aliphatic rings. The van der Waals surface area contributed by atoms with Gasteiger partial charge in [0.2, 0.25) is 5.91 Å². The number of carbonyl (C=O) groups is 1. The van der Waals surface area contributed by atoms with E-state index in [1.807, 2.05) is 11.4 Å². The predicted octanol–water partition coefficient (Wildman–Crippen LogP) is 2.55. The Morgan fingerprint density at radius 2 is 2.56 bits per heavy atom. The second-order valence-corrected chi connectivity index (χ2v) is 6.09. The smallest absolute Gasteiger partial charge is 0.225 e. The van der Waals surface area contributed by atoms with E-state index in [1.54, 1.807) is 11.3 Å². The fraction of sp³-hybridized carbons (Fsp3) is 0.545. The molecule has 1 amide bonds. The fourth-order valence-electron chi connectivity index (χ4n) is 1.72. The molecule has 2 heterocycles. The van der Waals surface area contributed by atoms with E-state index in [-0.39, 0.29) is 11.8 Å². The minimum absolute atomic E-state index is 0.0335. The van der Waals surface area contributed by atoms with Gasteiger partial charge in [0.05, 0.1) is 16.3 Å². The van der Waals surface area contributed by atoms with Crippen molar-refractivity contribution in [3.8, 4) is 0 Å². The number of rotatable bonds is 3. The highest BCUT2D eigenvalue weighted by molar-refractivity contribution is 9.11. The summed E-state index contributed by atoms with van der Waals surface area (Å²) in [4.78, 5) is 11.8. The van der Waals surface area contributed by atoms with Crippen molar-refractivity contribution in [2.45, 2.75) is 19.4 Å². The maximum atomic E-state index is 11.8. The first-order chi connectivity index (χ1) is 7.77. The van der Waals surface area contributed by atoms with Gasteiger partial charge in [-0.15, -0.1) is 11.3 Å². The van der Waals surface area contributed by atoms with Gasteiger partial charge in [-0.3, -0.25) is 4.79 Å². The first-order valence-corrected chi connectivity index (χ1v) is 7.02. The van der Waals surface area contributed by atoms with E-state index in [4.69, 9.17) is 4.74 Å². The van der Waals surface area contributed by atoms with Crippen molar-refractivity contribution in [1.82, 2.24) is 5.32 Å². The highest BCUT2D eigenvalue weighted by Gasteiger charge is 2.21. The fourth-order valence-corrected chi connectivity index (χ4v) is 2.96. The van der Waals surface area contributed by atoms with Gasteiger partial charge in [-0.1, -0.05) is 0 Å². The van der Waals surface area contributed by atoms with Crippen molar-refractivity contribution in [1.29, 1.82) is 0 Å². The van der Waals surface area contributed by atoms with E-state index in [0.717, 1.165) is 28.8 Å². The number of hydrogen-bond donors (Lipinski definition) is 1. The lowest BCUT2D eigenvalue weighted by molar-refractivity contribution is -0.129. The van der Waals surface area contributed by atoms with Crippen LogP contribution in [-0.4, -0.2) is 19.1 Å². The van der Waals surface area contributed by atoms with Crippen molar-refractivity contribution >= 4 is 33.2 Å². The van der Waals surface area contributed by atoms with Crippen LogP contribution in [0.4, 0.5) is 0 Å². The van der Waals surface area contributed by atoms with E-state index in [2.05, 4.69) is 21.2 Å². The van der Waals surface area contributed by atoms with Crippen molar-refractivity contribution < 1.29 is 9.53 Å². The second kappa shape index (κ2) is 5.80. The molecule has 0 radical (unpaired) electrons. The third kappa shape index (κ3) is 3.06. The molecular weight excluding hydrogens is 290 g/mol. The van der Waals surface area contributed by atoms with Crippen LogP contribution in [0.25, 0.3) is 0 Å². The Labute approximate surface area is 107 Å². The summed E-state index contributed by atoms with van der Waals surface area (Å²) in [6, 6.07) is 2.02. The summed E-state index contributed by atoms with van der Waals surface area (Å²) in [5.74, 6) is 0.143. The highest BCUT2D eigenvalue weighted by Crippen LogP contribution is 2.23. The van der Waals surface area contributed by atoms with E-state index in [9.17, 15) is 4.79 Å². The van der Waals surface area contributed by atoms with Crippen LogP contribution < -0.4 is 5.32 Å². The van der Waals surface area contributed by atoms with Gasteiger partial charge >= 0.3 is 0 Å². The van der Waals surface area contributed by atoms with Crippen LogP contribution in [0.5, 0.6) is 0 Å². The number of thiophene rings is 1. The molecule has 1 aromatic heterocycles. The zero-order chi connectivity index (χ0) is 11.4. The lowest BCUT2D eigenvalue weighted by atomic mass is 10.0. The first-order valence-electron chi connectivity index (χ1n) is 5.34. The number of amides is 1. The summed E-state index contributed by atoms with van der Waals surface area (Å²) >= 11 is 5.09. The molecule has 0 aromatic carbocycles. The molecule has 16 heavy (non-hydrogen) atoms. The minimum atomic E-state index is 0.0335. The minimum Gasteiger partial charge on any atom is -0.381 e. The summed E-state index contributed by atoms with van der Waals surface area (Å²) in [5, 5.41) is 4.96. The van der Waals surface area contributed by atoms with Crippen LogP contribution in [0.3, 0.4) is 0 Å². The highest BCUT2D eigenvalue weighted by atomic mass is 79.9. The standard InChI is InChI=1S/C11H14BrNO2S/c12-10-8(3-5-16-10)6-13-11(14)9-2-1-4-15-7-9/h3,5,9H,1-2,4,6-7H2,(H,13,14)/t9-/m0/s1. The van der Waals surface area contributed by atoms with Gasteiger partial charge in [-0.25, -0.2) is 0 Å². The number of ether oxygens (including phenoxy) is 1. The maximum absolute atomic E-state index is 11.8. The summed E-state index contributed by atoms with van der Waals surface area (Å²) in [6.45, 7) is 1.95. The second-order valence-electron chi connectivity index (χ2n) is 3.85. The lowest BCUT2D eigenvalue weighted by Crippen LogP contribution is -2.35.